The molecular weight excluding hydrogens is 416 g/mol. The molecule has 1 atom stereocenters. The van der Waals surface area contributed by atoms with E-state index in [1.54, 1.807) is 11.0 Å². The Morgan fingerprint density at radius 2 is 1.94 bits per heavy atom. The van der Waals surface area contributed by atoms with Gasteiger partial charge in [-0.3, -0.25) is 9.59 Å². The van der Waals surface area contributed by atoms with Crippen LogP contribution in [0.3, 0.4) is 0 Å². The van der Waals surface area contributed by atoms with Gasteiger partial charge in [0.15, 0.2) is 0 Å². The van der Waals surface area contributed by atoms with E-state index in [4.69, 9.17) is 4.74 Å². The number of carbonyl (C=O) groups is 1. The molecular formula is C26H28N4O3. The SMILES string of the molecule is O=C(CCCc1c[nH]c2ccccc12)N(Cc1nc2ccccc2c(=O)[nH]1)CC1CCCO1. The number of amides is 1. The first-order valence-electron chi connectivity index (χ1n) is 11.6. The normalized spacial score (nSPS) is 15.9. The van der Waals surface area contributed by atoms with E-state index >= 15 is 0 Å². The van der Waals surface area contributed by atoms with Crippen molar-refractivity contribution in [3.63, 3.8) is 0 Å². The van der Waals surface area contributed by atoms with E-state index in [-0.39, 0.29) is 24.1 Å². The number of hydrogen-bond donors (Lipinski definition) is 2. The van der Waals surface area contributed by atoms with Gasteiger partial charge in [0, 0.05) is 36.7 Å². The van der Waals surface area contributed by atoms with Gasteiger partial charge in [-0.15, -0.1) is 0 Å². The third kappa shape index (κ3) is 4.83. The molecule has 0 radical (unpaired) electrons. The number of para-hydroxylation sites is 2. The minimum atomic E-state index is -0.181. The summed E-state index contributed by atoms with van der Waals surface area (Å²) < 4.78 is 5.79. The molecule has 1 unspecified atom stereocenters. The zero-order valence-electron chi connectivity index (χ0n) is 18.5. The third-order valence-electron chi connectivity index (χ3n) is 6.31. The first-order valence-corrected chi connectivity index (χ1v) is 11.6. The Morgan fingerprint density at radius 3 is 2.79 bits per heavy atom. The number of nitrogens with zero attached hydrogens (tertiary/aromatic N) is 2. The molecule has 2 aromatic carbocycles. The van der Waals surface area contributed by atoms with Gasteiger partial charge in [-0.2, -0.15) is 0 Å². The Morgan fingerprint density at radius 1 is 1.12 bits per heavy atom. The maximum absolute atomic E-state index is 13.2. The van der Waals surface area contributed by atoms with Gasteiger partial charge in [-0.1, -0.05) is 30.3 Å². The monoisotopic (exact) mass is 444 g/mol. The van der Waals surface area contributed by atoms with E-state index in [0.717, 1.165) is 37.8 Å². The first kappa shape index (κ1) is 21.4. The van der Waals surface area contributed by atoms with Crippen LogP contribution in [-0.4, -0.2) is 45.0 Å². The predicted octanol–water partition coefficient (Wildman–Crippen LogP) is 3.93. The van der Waals surface area contributed by atoms with Crippen LogP contribution in [0.4, 0.5) is 0 Å². The number of ether oxygens (including phenoxy) is 1. The molecule has 0 bridgehead atoms. The lowest BCUT2D eigenvalue weighted by atomic mass is 10.1. The summed E-state index contributed by atoms with van der Waals surface area (Å²) >= 11 is 0. The molecule has 3 heterocycles. The van der Waals surface area contributed by atoms with Crippen LogP contribution in [0.5, 0.6) is 0 Å². The predicted molar refractivity (Wildman–Crippen MR) is 128 cm³/mol. The van der Waals surface area contributed by atoms with Crippen molar-refractivity contribution in [2.24, 2.45) is 0 Å². The molecule has 1 fully saturated rings. The molecule has 2 N–H and O–H groups in total. The Labute approximate surface area is 191 Å². The second-order valence-corrected chi connectivity index (χ2v) is 8.65. The minimum Gasteiger partial charge on any atom is -0.376 e. The lowest BCUT2D eigenvalue weighted by molar-refractivity contribution is -0.133. The molecule has 1 saturated heterocycles. The zero-order chi connectivity index (χ0) is 22.6. The van der Waals surface area contributed by atoms with Crippen LogP contribution < -0.4 is 5.56 Å². The van der Waals surface area contributed by atoms with Gasteiger partial charge in [0.2, 0.25) is 5.91 Å². The van der Waals surface area contributed by atoms with Crippen molar-refractivity contribution in [2.45, 2.75) is 44.8 Å². The molecule has 33 heavy (non-hydrogen) atoms. The summed E-state index contributed by atoms with van der Waals surface area (Å²) in [5.74, 6) is 0.558. The van der Waals surface area contributed by atoms with Gasteiger partial charge in [-0.05, 0) is 49.4 Å². The van der Waals surface area contributed by atoms with Crippen LogP contribution in [0.15, 0.2) is 59.5 Å². The topological polar surface area (TPSA) is 91.1 Å². The molecule has 1 amide bonds. The maximum Gasteiger partial charge on any atom is 0.258 e. The Bertz CT molecular complexity index is 1320. The number of aryl methyl sites for hydroxylation is 1. The quantitative estimate of drug-likeness (QED) is 0.431. The highest BCUT2D eigenvalue weighted by Crippen LogP contribution is 2.20. The molecule has 1 aliphatic rings. The summed E-state index contributed by atoms with van der Waals surface area (Å²) in [6.45, 7) is 1.52. The zero-order valence-corrected chi connectivity index (χ0v) is 18.5. The number of aromatic amines is 2. The van der Waals surface area contributed by atoms with Gasteiger partial charge in [0.05, 0.1) is 23.6 Å². The van der Waals surface area contributed by atoms with E-state index in [1.807, 2.05) is 36.5 Å². The largest absolute Gasteiger partial charge is 0.376 e. The van der Waals surface area contributed by atoms with E-state index in [2.05, 4.69) is 27.1 Å². The fourth-order valence-corrected chi connectivity index (χ4v) is 4.61. The van der Waals surface area contributed by atoms with E-state index in [0.29, 0.717) is 29.7 Å². The molecule has 5 rings (SSSR count). The molecule has 4 aromatic rings. The van der Waals surface area contributed by atoms with Crippen LogP contribution in [0, 0.1) is 0 Å². The maximum atomic E-state index is 13.2. The summed E-state index contributed by atoms with van der Waals surface area (Å²) in [5.41, 5.74) is 2.80. The van der Waals surface area contributed by atoms with Crippen molar-refractivity contribution in [1.82, 2.24) is 19.9 Å². The van der Waals surface area contributed by atoms with Crippen LogP contribution >= 0.6 is 0 Å². The molecule has 2 aromatic heterocycles. The summed E-state index contributed by atoms with van der Waals surface area (Å²) in [7, 11) is 0. The van der Waals surface area contributed by atoms with E-state index in [9.17, 15) is 9.59 Å². The number of fused-ring (bicyclic) bond motifs is 2. The van der Waals surface area contributed by atoms with E-state index in [1.165, 1.54) is 10.9 Å². The molecule has 1 aliphatic heterocycles. The van der Waals surface area contributed by atoms with E-state index < -0.39 is 0 Å². The standard InChI is InChI=1S/C26H28N4O3/c31-25(13-5-7-18-15-27-22-11-3-1-9-20(18)22)30(16-19-8-6-14-33-19)17-24-28-23-12-4-2-10-21(23)26(32)29-24/h1-4,9-12,15,19,27H,5-8,13-14,16-17H2,(H,28,29,32). The number of hydrogen-bond acceptors (Lipinski definition) is 4. The number of rotatable bonds is 8. The fourth-order valence-electron chi connectivity index (χ4n) is 4.61. The Balaban J connectivity index is 1.29. The van der Waals surface area contributed by atoms with Crippen molar-refractivity contribution in [3.05, 3.63) is 76.5 Å². The van der Waals surface area contributed by atoms with Crippen LogP contribution in [0.25, 0.3) is 21.8 Å². The second-order valence-electron chi connectivity index (χ2n) is 8.65. The molecule has 7 nitrogen and oxygen atoms in total. The Hall–Kier alpha value is -3.45. The number of aromatic nitrogens is 3. The highest BCUT2D eigenvalue weighted by Gasteiger charge is 2.23. The van der Waals surface area contributed by atoms with Crippen LogP contribution in [-0.2, 0) is 22.5 Å². The highest BCUT2D eigenvalue weighted by atomic mass is 16.5. The summed E-state index contributed by atoms with van der Waals surface area (Å²) in [4.78, 5) is 38.2. The molecule has 7 heteroatoms. The van der Waals surface area contributed by atoms with Crippen molar-refractivity contribution in [2.75, 3.05) is 13.2 Å². The van der Waals surface area contributed by atoms with Crippen molar-refractivity contribution >= 4 is 27.7 Å². The van der Waals surface area contributed by atoms with Gasteiger partial charge in [-0.25, -0.2) is 4.98 Å². The van der Waals surface area contributed by atoms with Gasteiger partial charge < -0.3 is 19.6 Å². The fraction of sp³-hybridized carbons (Fsp3) is 0.346. The summed E-state index contributed by atoms with van der Waals surface area (Å²) in [5, 5.41) is 1.76. The molecule has 0 spiro atoms. The van der Waals surface area contributed by atoms with Crippen LogP contribution in [0.2, 0.25) is 0 Å². The number of carbonyl (C=O) groups excluding carboxylic acids is 1. The number of nitrogens with one attached hydrogen (secondary N) is 2. The molecule has 0 aliphatic carbocycles. The first-order chi connectivity index (χ1) is 16.2. The second kappa shape index (κ2) is 9.58. The van der Waals surface area contributed by atoms with Gasteiger partial charge >= 0.3 is 0 Å². The average Bonchev–Trinajstić information content (AvgIpc) is 3.49. The lowest BCUT2D eigenvalue weighted by Gasteiger charge is -2.25. The van der Waals surface area contributed by atoms with Crippen LogP contribution in [0.1, 0.15) is 37.1 Å². The summed E-state index contributed by atoms with van der Waals surface area (Å²) in [6, 6.07) is 15.5. The summed E-state index contributed by atoms with van der Waals surface area (Å²) in [6.07, 6.45) is 6.04. The molecule has 0 saturated carbocycles. The van der Waals surface area contributed by atoms with Gasteiger partial charge in [0.1, 0.15) is 5.82 Å². The number of benzene rings is 2. The minimum absolute atomic E-state index is 0.0368. The Kier molecular flexibility index (Phi) is 6.21. The number of H-pyrrole nitrogens is 2. The highest BCUT2D eigenvalue weighted by molar-refractivity contribution is 5.83. The molecule has 170 valence electrons. The smallest absolute Gasteiger partial charge is 0.258 e. The lowest BCUT2D eigenvalue weighted by Crippen LogP contribution is -2.37. The van der Waals surface area contributed by atoms with Crippen molar-refractivity contribution in [3.8, 4) is 0 Å². The van der Waals surface area contributed by atoms with Crippen molar-refractivity contribution in [1.29, 1.82) is 0 Å². The average molecular weight is 445 g/mol. The van der Waals surface area contributed by atoms with Gasteiger partial charge in [0.25, 0.3) is 5.56 Å². The van der Waals surface area contributed by atoms with Crippen molar-refractivity contribution < 1.29 is 9.53 Å². The third-order valence-corrected chi connectivity index (χ3v) is 6.31.